The van der Waals surface area contributed by atoms with Crippen LogP contribution in [-0.2, 0) is 5.41 Å². The average molecular weight is 329 g/mol. The molecule has 0 fully saturated rings. The van der Waals surface area contributed by atoms with Gasteiger partial charge in [-0.25, -0.2) is 0 Å². The molecule has 0 aliphatic carbocycles. The van der Waals surface area contributed by atoms with Gasteiger partial charge in [-0.05, 0) is 36.0 Å². The largest absolute Gasteiger partial charge is 0.494 e. The molecule has 4 heteroatoms. The van der Waals surface area contributed by atoms with Gasteiger partial charge in [0.15, 0.2) is 0 Å². The Morgan fingerprint density at radius 1 is 1.21 bits per heavy atom. The Hall–Kier alpha value is -1.81. The van der Waals surface area contributed by atoms with Crippen LogP contribution in [-0.4, -0.2) is 23.3 Å². The minimum Gasteiger partial charge on any atom is -0.494 e. The number of benzene rings is 1. The normalized spacial score (nSPS) is 13.3. The summed E-state index contributed by atoms with van der Waals surface area (Å²) in [6.07, 6.45) is 0. The molecule has 0 saturated carbocycles. The highest BCUT2D eigenvalue weighted by molar-refractivity contribution is 5.45. The summed E-state index contributed by atoms with van der Waals surface area (Å²) in [5.74, 6) is 1.34. The maximum absolute atomic E-state index is 6.14. The predicted molar refractivity (Wildman–Crippen MR) is 99.9 cm³/mol. The first-order valence-corrected chi connectivity index (χ1v) is 8.80. The maximum Gasteiger partial charge on any atom is 0.123 e. The zero-order valence-electron chi connectivity index (χ0n) is 15.8. The van der Waals surface area contributed by atoms with Gasteiger partial charge in [0.1, 0.15) is 5.75 Å². The number of aromatic nitrogens is 2. The standard InChI is InChI=1S/C20H31N3O/c1-7-24-19-9-8-14(20(4,5)6)10-15(19)16(12-21)18-11-17(13(2)3)22-23-18/h8-11,13,16H,7,12,21H2,1-6H3,(H,22,23). The number of nitrogens with two attached hydrogens (primary N) is 1. The third-order valence-corrected chi connectivity index (χ3v) is 4.37. The Labute approximate surface area is 145 Å². The third-order valence-electron chi connectivity index (χ3n) is 4.37. The zero-order valence-corrected chi connectivity index (χ0v) is 15.8. The fraction of sp³-hybridized carbons (Fsp3) is 0.550. The summed E-state index contributed by atoms with van der Waals surface area (Å²) < 4.78 is 5.87. The zero-order chi connectivity index (χ0) is 17.9. The van der Waals surface area contributed by atoms with Crippen molar-refractivity contribution in [1.29, 1.82) is 0 Å². The molecule has 132 valence electrons. The lowest BCUT2D eigenvalue weighted by molar-refractivity contribution is 0.335. The molecule has 0 radical (unpaired) electrons. The first-order chi connectivity index (χ1) is 11.3. The van der Waals surface area contributed by atoms with Gasteiger partial charge in [0.05, 0.1) is 12.3 Å². The number of rotatable bonds is 6. The molecule has 1 atom stereocenters. The molecular weight excluding hydrogens is 298 g/mol. The molecule has 1 aromatic heterocycles. The second kappa shape index (κ2) is 7.39. The average Bonchev–Trinajstić information content (AvgIpc) is 2.98. The van der Waals surface area contributed by atoms with E-state index in [1.165, 1.54) is 5.56 Å². The van der Waals surface area contributed by atoms with Crippen LogP contribution in [0.2, 0.25) is 0 Å². The van der Waals surface area contributed by atoms with Crippen LogP contribution in [0.5, 0.6) is 5.75 Å². The Kier molecular flexibility index (Phi) is 5.70. The van der Waals surface area contributed by atoms with E-state index >= 15 is 0 Å². The lowest BCUT2D eigenvalue weighted by atomic mass is 9.83. The molecule has 1 unspecified atom stereocenters. The molecular formula is C20H31N3O. The summed E-state index contributed by atoms with van der Waals surface area (Å²) in [7, 11) is 0. The van der Waals surface area contributed by atoms with Crippen LogP contribution in [0, 0.1) is 0 Å². The number of hydrogen-bond acceptors (Lipinski definition) is 3. The van der Waals surface area contributed by atoms with Gasteiger partial charge in [0, 0.05) is 23.7 Å². The van der Waals surface area contributed by atoms with Crippen LogP contribution < -0.4 is 10.5 Å². The molecule has 0 spiro atoms. The molecule has 2 aromatic rings. The van der Waals surface area contributed by atoms with Crippen LogP contribution >= 0.6 is 0 Å². The van der Waals surface area contributed by atoms with Crippen molar-refractivity contribution in [1.82, 2.24) is 10.2 Å². The summed E-state index contributed by atoms with van der Waals surface area (Å²) in [5, 5.41) is 7.61. The number of nitrogens with one attached hydrogen (secondary N) is 1. The Balaban J connectivity index is 2.51. The number of hydrogen-bond donors (Lipinski definition) is 2. The molecule has 24 heavy (non-hydrogen) atoms. The Bertz CT molecular complexity index is 668. The first-order valence-electron chi connectivity index (χ1n) is 8.80. The van der Waals surface area contributed by atoms with Crippen molar-refractivity contribution in [2.45, 2.75) is 58.8 Å². The van der Waals surface area contributed by atoms with Gasteiger partial charge in [0.25, 0.3) is 0 Å². The van der Waals surface area contributed by atoms with E-state index in [2.05, 4.69) is 69.1 Å². The SMILES string of the molecule is CCOc1ccc(C(C)(C)C)cc1C(CN)c1cc(C(C)C)n[nH]1. The van der Waals surface area contributed by atoms with Crippen molar-refractivity contribution in [3.8, 4) is 5.75 Å². The van der Waals surface area contributed by atoms with Gasteiger partial charge in [0.2, 0.25) is 0 Å². The van der Waals surface area contributed by atoms with Crippen LogP contribution in [0.3, 0.4) is 0 Å². The quantitative estimate of drug-likeness (QED) is 0.829. The number of H-pyrrole nitrogens is 1. The minimum atomic E-state index is 0.0499. The van der Waals surface area contributed by atoms with Crippen LogP contribution in [0.1, 0.15) is 75.9 Å². The lowest BCUT2D eigenvalue weighted by Gasteiger charge is -2.24. The summed E-state index contributed by atoms with van der Waals surface area (Å²) >= 11 is 0. The van der Waals surface area contributed by atoms with Crippen LogP contribution in [0.15, 0.2) is 24.3 Å². The molecule has 2 rings (SSSR count). The smallest absolute Gasteiger partial charge is 0.123 e. The highest BCUT2D eigenvalue weighted by Gasteiger charge is 2.23. The van der Waals surface area contributed by atoms with Gasteiger partial charge in [-0.3, -0.25) is 5.10 Å². The molecule has 0 aliphatic rings. The van der Waals surface area contributed by atoms with Crippen LogP contribution in [0.4, 0.5) is 0 Å². The van der Waals surface area contributed by atoms with E-state index < -0.39 is 0 Å². The van der Waals surface area contributed by atoms with E-state index in [4.69, 9.17) is 10.5 Å². The molecule has 0 bridgehead atoms. The van der Waals surface area contributed by atoms with Crippen LogP contribution in [0.25, 0.3) is 0 Å². The van der Waals surface area contributed by atoms with Crippen molar-refractivity contribution >= 4 is 0 Å². The van der Waals surface area contributed by atoms with E-state index in [-0.39, 0.29) is 11.3 Å². The lowest BCUT2D eigenvalue weighted by Crippen LogP contribution is -2.18. The van der Waals surface area contributed by atoms with Crippen molar-refractivity contribution in [2.24, 2.45) is 5.73 Å². The number of ether oxygens (including phenoxy) is 1. The van der Waals surface area contributed by atoms with Gasteiger partial charge in [-0.15, -0.1) is 0 Å². The second-order valence-corrected chi connectivity index (χ2v) is 7.63. The maximum atomic E-state index is 6.14. The molecule has 0 amide bonds. The fourth-order valence-electron chi connectivity index (χ4n) is 2.82. The van der Waals surface area contributed by atoms with Gasteiger partial charge < -0.3 is 10.5 Å². The minimum absolute atomic E-state index is 0.0499. The van der Waals surface area contributed by atoms with Crippen molar-refractivity contribution in [3.05, 3.63) is 46.8 Å². The highest BCUT2D eigenvalue weighted by Crippen LogP contribution is 2.35. The van der Waals surface area contributed by atoms with Gasteiger partial charge >= 0.3 is 0 Å². The van der Waals surface area contributed by atoms with E-state index in [1.807, 2.05) is 6.92 Å². The molecule has 0 saturated heterocycles. The van der Waals surface area contributed by atoms with Crippen molar-refractivity contribution < 1.29 is 4.74 Å². The number of aromatic amines is 1. The summed E-state index contributed by atoms with van der Waals surface area (Å²) in [5.41, 5.74) is 10.7. The summed E-state index contributed by atoms with van der Waals surface area (Å²) in [6, 6.07) is 8.58. The molecule has 1 heterocycles. The summed E-state index contributed by atoms with van der Waals surface area (Å²) in [6.45, 7) is 14.1. The Morgan fingerprint density at radius 2 is 1.92 bits per heavy atom. The monoisotopic (exact) mass is 329 g/mol. The van der Waals surface area contributed by atoms with Crippen molar-refractivity contribution in [3.63, 3.8) is 0 Å². The topological polar surface area (TPSA) is 63.9 Å². The highest BCUT2D eigenvalue weighted by atomic mass is 16.5. The second-order valence-electron chi connectivity index (χ2n) is 7.63. The molecule has 1 aromatic carbocycles. The summed E-state index contributed by atoms with van der Waals surface area (Å²) in [4.78, 5) is 0. The molecule has 4 nitrogen and oxygen atoms in total. The number of nitrogens with zero attached hydrogens (tertiary/aromatic N) is 1. The van der Waals surface area contributed by atoms with Gasteiger partial charge in [-0.2, -0.15) is 5.10 Å². The third kappa shape index (κ3) is 3.99. The molecule has 3 N–H and O–H groups in total. The van der Waals surface area contributed by atoms with Crippen molar-refractivity contribution in [2.75, 3.05) is 13.2 Å². The van der Waals surface area contributed by atoms with E-state index in [9.17, 15) is 0 Å². The van der Waals surface area contributed by atoms with E-state index in [1.54, 1.807) is 0 Å². The van der Waals surface area contributed by atoms with Gasteiger partial charge in [-0.1, -0.05) is 46.8 Å². The fourth-order valence-corrected chi connectivity index (χ4v) is 2.82. The Morgan fingerprint density at radius 3 is 2.42 bits per heavy atom. The predicted octanol–water partition coefficient (Wildman–Crippen LogP) is 4.32. The van der Waals surface area contributed by atoms with E-state index in [0.717, 1.165) is 22.7 Å². The molecule has 0 aliphatic heterocycles. The first kappa shape index (κ1) is 18.5. The van der Waals surface area contributed by atoms with E-state index in [0.29, 0.717) is 19.1 Å².